The Morgan fingerprint density at radius 1 is 0.897 bits per heavy atom. The molecule has 2 aliphatic heterocycles. The molecule has 0 amide bonds. The Hall–Kier alpha value is -2.49. The van der Waals surface area contributed by atoms with Crippen LogP contribution in [0.25, 0.3) is 10.8 Å². The Morgan fingerprint density at radius 2 is 1.54 bits per heavy atom. The fourth-order valence-corrected chi connectivity index (χ4v) is 6.94. The van der Waals surface area contributed by atoms with E-state index in [1.807, 2.05) is 0 Å². The molecule has 4 nitrogen and oxygen atoms in total. The van der Waals surface area contributed by atoms with Crippen LogP contribution in [0.5, 0.6) is 5.75 Å². The van der Waals surface area contributed by atoms with E-state index in [9.17, 15) is 36.2 Å². The van der Waals surface area contributed by atoms with Crippen molar-refractivity contribution in [3.8, 4) is 5.75 Å². The summed E-state index contributed by atoms with van der Waals surface area (Å²) in [5.74, 6) is -3.06. The van der Waals surface area contributed by atoms with Gasteiger partial charge in [0.2, 0.25) is 0 Å². The molecule has 1 aliphatic carbocycles. The van der Waals surface area contributed by atoms with Gasteiger partial charge in [-0.25, -0.2) is 0 Å². The number of carboxylic acid groups (broad SMARTS) is 1. The summed E-state index contributed by atoms with van der Waals surface area (Å²) in [6, 6.07) is 7.86. The summed E-state index contributed by atoms with van der Waals surface area (Å²) in [6.45, 7) is 0.266. The second-order valence-electron chi connectivity index (χ2n) is 11.4. The summed E-state index contributed by atoms with van der Waals surface area (Å²) in [6.07, 6.45) is -5.49. The van der Waals surface area contributed by atoms with Gasteiger partial charge in [0.25, 0.3) is 0 Å². The molecule has 3 aliphatic rings. The molecule has 2 saturated heterocycles. The van der Waals surface area contributed by atoms with E-state index in [1.165, 1.54) is 6.07 Å². The second-order valence-corrected chi connectivity index (χ2v) is 11.4. The fourth-order valence-electron chi connectivity index (χ4n) is 6.94. The third kappa shape index (κ3) is 6.00. The number of aliphatic carboxylic acids is 1. The Labute approximate surface area is 223 Å². The molecule has 2 aromatic carbocycles. The molecule has 5 rings (SSSR count). The van der Waals surface area contributed by atoms with Gasteiger partial charge in [-0.3, -0.25) is 9.69 Å². The summed E-state index contributed by atoms with van der Waals surface area (Å²) in [5, 5.41) is 10.1. The Bertz CT molecular complexity index is 1170. The van der Waals surface area contributed by atoms with Gasteiger partial charge < -0.3 is 9.84 Å². The molecular formula is C29H33F6NO3. The zero-order valence-electron chi connectivity index (χ0n) is 21.5. The number of carboxylic acids is 1. The van der Waals surface area contributed by atoms with Crippen LogP contribution in [0.3, 0.4) is 0 Å². The molecule has 0 radical (unpaired) electrons. The SMILES string of the molecule is O=C(O)C1CC2CCCCC(C1)N2Cc1cccc2ccc(OC3CCC(C(F)(F)F)CC3)c(C(F)(F)F)c12. The molecule has 3 fully saturated rings. The molecule has 2 bridgehead atoms. The highest BCUT2D eigenvalue weighted by molar-refractivity contribution is 5.91. The zero-order chi connectivity index (χ0) is 27.9. The van der Waals surface area contributed by atoms with Crippen LogP contribution < -0.4 is 4.74 Å². The maximum atomic E-state index is 14.6. The maximum Gasteiger partial charge on any atom is 0.420 e. The van der Waals surface area contributed by atoms with Crippen molar-refractivity contribution in [2.75, 3.05) is 0 Å². The monoisotopic (exact) mass is 557 g/mol. The number of halogens is 6. The van der Waals surface area contributed by atoms with Crippen molar-refractivity contribution >= 4 is 16.7 Å². The highest BCUT2D eigenvalue weighted by atomic mass is 19.4. The van der Waals surface area contributed by atoms with Crippen molar-refractivity contribution in [2.24, 2.45) is 11.8 Å². The average molecular weight is 558 g/mol. The standard InChI is InChI=1S/C29H33F6NO3/c30-28(31,32)20-9-11-23(12-10-20)39-24-13-8-17-4-3-5-18(25(17)26(24)29(33,34)35)16-36-21-6-1-2-7-22(36)15-19(14-21)27(37)38/h3-5,8,13,19-23H,1-2,6-7,9-12,14-16H2,(H,37,38). The Kier molecular flexibility index (Phi) is 7.79. The van der Waals surface area contributed by atoms with Gasteiger partial charge >= 0.3 is 18.3 Å². The molecule has 1 saturated carbocycles. The molecule has 1 N–H and O–H groups in total. The van der Waals surface area contributed by atoms with E-state index in [1.54, 1.807) is 24.3 Å². The van der Waals surface area contributed by atoms with Crippen molar-refractivity contribution in [2.45, 2.75) is 101 Å². The van der Waals surface area contributed by atoms with E-state index in [2.05, 4.69) is 4.90 Å². The number of hydrogen-bond acceptors (Lipinski definition) is 3. The molecule has 0 aromatic heterocycles. The lowest BCUT2D eigenvalue weighted by Crippen LogP contribution is -2.49. The van der Waals surface area contributed by atoms with Gasteiger partial charge in [0, 0.05) is 24.0 Å². The maximum absolute atomic E-state index is 14.6. The van der Waals surface area contributed by atoms with Gasteiger partial charge in [0.15, 0.2) is 0 Å². The van der Waals surface area contributed by atoms with Crippen LogP contribution in [-0.2, 0) is 17.5 Å². The van der Waals surface area contributed by atoms with Crippen molar-refractivity contribution in [1.29, 1.82) is 0 Å². The molecular weight excluding hydrogens is 524 g/mol. The highest BCUT2D eigenvalue weighted by Gasteiger charge is 2.44. The lowest BCUT2D eigenvalue weighted by Gasteiger charge is -2.43. The largest absolute Gasteiger partial charge is 0.490 e. The summed E-state index contributed by atoms with van der Waals surface area (Å²) in [7, 11) is 0. The number of rotatable bonds is 5. The van der Waals surface area contributed by atoms with Gasteiger partial charge in [0.1, 0.15) is 11.3 Å². The number of hydrogen-bond donors (Lipinski definition) is 1. The quantitative estimate of drug-likeness (QED) is 0.379. The molecule has 2 aromatic rings. The van der Waals surface area contributed by atoms with Crippen molar-refractivity contribution in [3.05, 3.63) is 41.5 Å². The van der Waals surface area contributed by atoms with Crippen LogP contribution in [0.15, 0.2) is 30.3 Å². The third-order valence-electron chi connectivity index (χ3n) is 8.89. The van der Waals surface area contributed by atoms with Gasteiger partial charge in [-0.15, -0.1) is 0 Å². The van der Waals surface area contributed by atoms with E-state index in [0.29, 0.717) is 23.8 Å². The predicted molar refractivity (Wildman–Crippen MR) is 133 cm³/mol. The third-order valence-corrected chi connectivity index (χ3v) is 8.89. The van der Waals surface area contributed by atoms with Crippen LogP contribution in [0, 0.1) is 11.8 Å². The molecule has 2 heterocycles. The summed E-state index contributed by atoms with van der Waals surface area (Å²) < 4.78 is 88.9. The van der Waals surface area contributed by atoms with E-state index in [0.717, 1.165) is 25.7 Å². The second kappa shape index (κ2) is 10.8. The number of alkyl halides is 6. The highest BCUT2D eigenvalue weighted by Crippen LogP contribution is 2.46. The number of ether oxygens (including phenoxy) is 1. The first-order chi connectivity index (χ1) is 18.4. The van der Waals surface area contributed by atoms with Crippen molar-refractivity contribution in [3.63, 3.8) is 0 Å². The normalized spacial score (nSPS) is 28.7. The number of benzene rings is 2. The zero-order valence-corrected chi connectivity index (χ0v) is 21.5. The van der Waals surface area contributed by atoms with Crippen molar-refractivity contribution in [1.82, 2.24) is 4.90 Å². The predicted octanol–water partition coefficient (Wildman–Crippen LogP) is 7.97. The van der Waals surface area contributed by atoms with E-state index in [-0.39, 0.29) is 55.4 Å². The smallest absolute Gasteiger partial charge is 0.420 e. The lowest BCUT2D eigenvalue weighted by molar-refractivity contribution is -0.185. The number of carbonyl (C=O) groups is 1. The minimum atomic E-state index is -4.74. The molecule has 2 unspecified atom stereocenters. The van der Waals surface area contributed by atoms with E-state index in [4.69, 9.17) is 4.74 Å². The van der Waals surface area contributed by atoms with Gasteiger partial charge in [0.05, 0.1) is 17.9 Å². The van der Waals surface area contributed by atoms with Crippen LogP contribution in [0.2, 0.25) is 0 Å². The molecule has 39 heavy (non-hydrogen) atoms. The summed E-state index contributed by atoms with van der Waals surface area (Å²) >= 11 is 0. The summed E-state index contributed by atoms with van der Waals surface area (Å²) in [4.78, 5) is 13.9. The van der Waals surface area contributed by atoms with Gasteiger partial charge in [-0.1, -0.05) is 37.1 Å². The average Bonchev–Trinajstić information content (AvgIpc) is 2.97. The van der Waals surface area contributed by atoms with Crippen LogP contribution in [-0.4, -0.2) is 40.3 Å². The van der Waals surface area contributed by atoms with Crippen LogP contribution in [0.4, 0.5) is 26.3 Å². The topological polar surface area (TPSA) is 49.8 Å². The van der Waals surface area contributed by atoms with Gasteiger partial charge in [-0.05, 0) is 68.4 Å². The number of piperidine rings is 1. The van der Waals surface area contributed by atoms with Crippen LogP contribution >= 0.6 is 0 Å². The minimum Gasteiger partial charge on any atom is -0.490 e. The molecule has 214 valence electrons. The lowest BCUT2D eigenvalue weighted by atomic mass is 9.84. The molecule has 10 heteroatoms. The molecule has 0 spiro atoms. The first-order valence-electron chi connectivity index (χ1n) is 13.8. The Balaban J connectivity index is 1.47. The van der Waals surface area contributed by atoms with E-state index < -0.39 is 41.8 Å². The summed E-state index contributed by atoms with van der Waals surface area (Å²) in [5.41, 5.74) is -0.395. The number of fused-ring (bicyclic) bond motifs is 3. The molecule has 2 atom stereocenters. The van der Waals surface area contributed by atoms with Crippen molar-refractivity contribution < 1.29 is 41.0 Å². The number of nitrogens with zero attached hydrogens (tertiary/aromatic N) is 1. The van der Waals surface area contributed by atoms with E-state index >= 15 is 0 Å². The first-order valence-corrected chi connectivity index (χ1v) is 13.8. The fraction of sp³-hybridized carbons (Fsp3) is 0.621. The Morgan fingerprint density at radius 3 is 2.10 bits per heavy atom. The van der Waals surface area contributed by atoms with Crippen LogP contribution in [0.1, 0.15) is 75.3 Å². The van der Waals surface area contributed by atoms with Gasteiger partial charge in [-0.2, -0.15) is 26.3 Å². The minimum absolute atomic E-state index is 0.0137. The first kappa shape index (κ1) is 28.1.